The first-order chi connectivity index (χ1) is 10.7. The smallest absolute Gasteiger partial charge is 0.254 e. The van der Waals surface area contributed by atoms with Crippen molar-refractivity contribution in [2.75, 3.05) is 26.2 Å². The van der Waals surface area contributed by atoms with Gasteiger partial charge in [0, 0.05) is 32.2 Å². The molecule has 2 heterocycles. The minimum absolute atomic E-state index is 0.0500. The van der Waals surface area contributed by atoms with Crippen LogP contribution in [-0.2, 0) is 9.53 Å². The molecule has 4 rings (SSSR count). The number of ether oxygens (including phenoxy) is 1. The van der Waals surface area contributed by atoms with Crippen molar-refractivity contribution in [3.05, 3.63) is 0 Å². The van der Waals surface area contributed by atoms with Crippen LogP contribution in [0.2, 0.25) is 0 Å². The molecule has 124 valence electrons. The second-order valence-corrected chi connectivity index (χ2v) is 7.93. The van der Waals surface area contributed by atoms with Gasteiger partial charge in [0.05, 0.1) is 5.60 Å². The van der Waals surface area contributed by atoms with Crippen LogP contribution < -0.4 is 0 Å². The zero-order chi connectivity index (χ0) is 15.2. The molecule has 22 heavy (non-hydrogen) atoms. The monoisotopic (exact) mass is 306 g/mol. The van der Waals surface area contributed by atoms with E-state index in [0.29, 0.717) is 0 Å². The molecule has 4 fully saturated rings. The van der Waals surface area contributed by atoms with E-state index >= 15 is 0 Å². The van der Waals surface area contributed by atoms with E-state index in [9.17, 15) is 4.79 Å². The number of likely N-dealkylation sites (N-methyl/N-ethyl adjacent to an activating group) is 1. The van der Waals surface area contributed by atoms with Crippen molar-refractivity contribution in [1.29, 1.82) is 0 Å². The summed E-state index contributed by atoms with van der Waals surface area (Å²) in [4.78, 5) is 17.2. The summed E-state index contributed by atoms with van der Waals surface area (Å²) in [6.45, 7) is 6.07. The summed E-state index contributed by atoms with van der Waals surface area (Å²) >= 11 is 0. The molecule has 4 heteroatoms. The summed E-state index contributed by atoms with van der Waals surface area (Å²) in [6.07, 6.45) is 11.1. The lowest BCUT2D eigenvalue weighted by Crippen LogP contribution is -2.63. The van der Waals surface area contributed by atoms with Crippen LogP contribution in [0.3, 0.4) is 0 Å². The summed E-state index contributed by atoms with van der Waals surface area (Å²) in [7, 11) is 0. The molecule has 2 saturated heterocycles. The molecular weight excluding hydrogens is 276 g/mol. The summed E-state index contributed by atoms with van der Waals surface area (Å²) in [5, 5.41) is 0. The van der Waals surface area contributed by atoms with Crippen LogP contribution in [0, 0.1) is 0 Å². The van der Waals surface area contributed by atoms with Crippen LogP contribution in [0.1, 0.15) is 64.7 Å². The molecular formula is C18H30N2O2. The minimum Gasteiger partial charge on any atom is -0.357 e. The number of hydrogen-bond acceptors (Lipinski definition) is 3. The first-order valence-electron chi connectivity index (χ1n) is 9.40. The van der Waals surface area contributed by atoms with Crippen LogP contribution >= 0.6 is 0 Å². The number of amides is 1. The Morgan fingerprint density at radius 3 is 2.36 bits per heavy atom. The van der Waals surface area contributed by atoms with Crippen molar-refractivity contribution in [3.8, 4) is 0 Å². The highest BCUT2D eigenvalue weighted by Gasteiger charge is 2.61. The van der Waals surface area contributed by atoms with Gasteiger partial charge in [-0.1, -0.05) is 19.3 Å². The molecule has 4 nitrogen and oxygen atoms in total. The van der Waals surface area contributed by atoms with Gasteiger partial charge in [-0.25, -0.2) is 0 Å². The molecule has 0 N–H and O–H groups in total. The van der Waals surface area contributed by atoms with Gasteiger partial charge in [0.25, 0.3) is 5.91 Å². The SMILES string of the molecule is CCN1CC2(CCN(C3CCCCC3)CC2)OC2(CC2)C1=O. The van der Waals surface area contributed by atoms with Gasteiger partial charge < -0.3 is 14.5 Å². The van der Waals surface area contributed by atoms with Crippen molar-refractivity contribution in [1.82, 2.24) is 9.80 Å². The van der Waals surface area contributed by atoms with Gasteiger partial charge in [-0.05, 0) is 45.4 Å². The third-order valence-electron chi connectivity index (χ3n) is 6.45. The summed E-state index contributed by atoms with van der Waals surface area (Å²) in [5.74, 6) is 0.260. The fourth-order valence-corrected chi connectivity index (χ4v) is 4.89. The van der Waals surface area contributed by atoms with E-state index in [1.165, 1.54) is 32.1 Å². The minimum atomic E-state index is -0.415. The fourth-order valence-electron chi connectivity index (χ4n) is 4.89. The number of carbonyl (C=O) groups is 1. The van der Waals surface area contributed by atoms with E-state index in [1.54, 1.807) is 0 Å². The average Bonchev–Trinajstić information content (AvgIpc) is 3.33. The standard InChI is InChI=1S/C18H30N2O2/c1-2-19-14-17(22-18(8-9-18)16(19)21)10-12-20(13-11-17)15-6-4-3-5-7-15/h15H,2-14H2,1H3. The van der Waals surface area contributed by atoms with E-state index in [2.05, 4.69) is 16.7 Å². The first-order valence-corrected chi connectivity index (χ1v) is 9.40. The molecule has 0 unspecified atom stereocenters. The Balaban J connectivity index is 1.42. The van der Waals surface area contributed by atoms with Crippen LogP contribution in [0.15, 0.2) is 0 Å². The Labute approximate surface area is 134 Å². The Bertz CT molecular complexity index is 432. The second-order valence-electron chi connectivity index (χ2n) is 7.93. The highest BCUT2D eigenvalue weighted by molar-refractivity contribution is 5.89. The molecule has 0 atom stereocenters. The number of hydrogen-bond donors (Lipinski definition) is 0. The zero-order valence-corrected chi connectivity index (χ0v) is 14.0. The van der Waals surface area contributed by atoms with Crippen LogP contribution in [-0.4, -0.2) is 59.1 Å². The van der Waals surface area contributed by atoms with E-state index in [4.69, 9.17) is 4.74 Å². The quantitative estimate of drug-likeness (QED) is 0.786. The third-order valence-corrected chi connectivity index (χ3v) is 6.45. The molecule has 0 aromatic heterocycles. The normalized spacial score (nSPS) is 31.9. The molecule has 2 aliphatic carbocycles. The molecule has 0 bridgehead atoms. The number of piperidine rings is 1. The average molecular weight is 306 g/mol. The van der Waals surface area contributed by atoms with Crippen molar-refractivity contribution in [2.24, 2.45) is 0 Å². The Hall–Kier alpha value is -0.610. The maximum atomic E-state index is 12.5. The maximum Gasteiger partial charge on any atom is 0.254 e. The lowest BCUT2D eigenvalue weighted by molar-refractivity contribution is -0.201. The number of likely N-dealkylation sites (tertiary alicyclic amines) is 1. The summed E-state index contributed by atoms with van der Waals surface area (Å²) < 4.78 is 6.48. The molecule has 1 amide bonds. The largest absolute Gasteiger partial charge is 0.357 e. The van der Waals surface area contributed by atoms with Crippen molar-refractivity contribution in [2.45, 2.75) is 82.0 Å². The molecule has 2 saturated carbocycles. The number of carbonyl (C=O) groups excluding carboxylic acids is 1. The van der Waals surface area contributed by atoms with Gasteiger partial charge in [-0.2, -0.15) is 0 Å². The van der Waals surface area contributed by atoms with Gasteiger partial charge in [0.1, 0.15) is 5.60 Å². The summed E-state index contributed by atoms with van der Waals surface area (Å²) in [6, 6.07) is 0.813. The maximum absolute atomic E-state index is 12.5. The lowest BCUT2D eigenvalue weighted by atomic mass is 9.85. The fraction of sp³-hybridized carbons (Fsp3) is 0.944. The van der Waals surface area contributed by atoms with Gasteiger partial charge >= 0.3 is 0 Å². The Morgan fingerprint density at radius 1 is 1.09 bits per heavy atom. The van der Waals surface area contributed by atoms with Crippen LogP contribution in [0.25, 0.3) is 0 Å². The van der Waals surface area contributed by atoms with Gasteiger partial charge in [0.15, 0.2) is 0 Å². The van der Waals surface area contributed by atoms with E-state index < -0.39 is 5.60 Å². The molecule has 0 aromatic rings. The van der Waals surface area contributed by atoms with E-state index in [-0.39, 0.29) is 11.5 Å². The number of rotatable bonds is 2. The van der Waals surface area contributed by atoms with Crippen molar-refractivity contribution < 1.29 is 9.53 Å². The molecule has 4 aliphatic rings. The topological polar surface area (TPSA) is 32.8 Å². The van der Waals surface area contributed by atoms with E-state index in [0.717, 1.165) is 57.9 Å². The molecule has 2 spiro atoms. The van der Waals surface area contributed by atoms with E-state index in [1.807, 2.05) is 0 Å². The van der Waals surface area contributed by atoms with Gasteiger partial charge in [-0.15, -0.1) is 0 Å². The molecule has 0 radical (unpaired) electrons. The van der Waals surface area contributed by atoms with Gasteiger partial charge in [-0.3, -0.25) is 4.79 Å². The lowest BCUT2D eigenvalue weighted by Gasteiger charge is -2.51. The summed E-state index contributed by atoms with van der Waals surface area (Å²) in [5.41, 5.74) is -0.465. The first kappa shape index (κ1) is 14.9. The predicted octanol–water partition coefficient (Wildman–Crippen LogP) is 2.57. The zero-order valence-electron chi connectivity index (χ0n) is 14.0. The van der Waals surface area contributed by atoms with Crippen LogP contribution in [0.4, 0.5) is 0 Å². The molecule has 0 aromatic carbocycles. The van der Waals surface area contributed by atoms with Crippen molar-refractivity contribution >= 4 is 5.91 Å². The number of nitrogens with zero attached hydrogens (tertiary/aromatic N) is 2. The van der Waals surface area contributed by atoms with Crippen molar-refractivity contribution in [3.63, 3.8) is 0 Å². The van der Waals surface area contributed by atoms with Gasteiger partial charge in [0.2, 0.25) is 0 Å². The Morgan fingerprint density at radius 2 is 1.77 bits per heavy atom. The second kappa shape index (κ2) is 5.48. The highest BCUT2D eigenvalue weighted by Crippen LogP contribution is 2.50. The highest BCUT2D eigenvalue weighted by atomic mass is 16.5. The van der Waals surface area contributed by atoms with Crippen LogP contribution in [0.5, 0.6) is 0 Å². The molecule has 2 aliphatic heterocycles. The predicted molar refractivity (Wildman–Crippen MR) is 85.7 cm³/mol. The Kier molecular flexibility index (Phi) is 3.73. The third kappa shape index (κ3) is 2.48. The number of morpholine rings is 1.